The predicted octanol–water partition coefficient (Wildman–Crippen LogP) is 16.4. The molecule has 10 aromatic carbocycles. The molecule has 0 aliphatic rings. The maximum absolute atomic E-state index is 14.5. The van der Waals surface area contributed by atoms with Gasteiger partial charge in [0, 0.05) is 49.9 Å². The van der Waals surface area contributed by atoms with Crippen LogP contribution in [0, 0.1) is 5.82 Å². The molecular weight excluding hydrogens is 760 g/mol. The van der Waals surface area contributed by atoms with Crippen molar-refractivity contribution in [2.75, 3.05) is 4.90 Å². The van der Waals surface area contributed by atoms with Gasteiger partial charge in [-0.05, 0) is 117 Å². The zero-order valence-corrected chi connectivity index (χ0v) is 33.5. The van der Waals surface area contributed by atoms with Crippen LogP contribution in [-0.4, -0.2) is 4.57 Å². The number of para-hydroxylation sites is 3. The minimum atomic E-state index is -0.236. The first-order valence-corrected chi connectivity index (χ1v) is 20.9. The van der Waals surface area contributed by atoms with Crippen LogP contribution in [0.1, 0.15) is 0 Å². The lowest BCUT2D eigenvalue weighted by Gasteiger charge is -2.26. The van der Waals surface area contributed by atoms with Gasteiger partial charge >= 0.3 is 0 Å². The van der Waals surface area contributed by atoms with E-state index < -0.39 is 0 Å². The summed E-state index contributed by atoms with van der Waals surface area (Å²) in [5, 5.41) is 6.55. The predicted molar refractivity (Wildman–Crippen MR) is 257 cm³/mol. The summed E-state index contributed by atoms with van der Waals surface area (Å²) in [5.74, 6) is -0.236. The van der Waals surface area contributed by atoms with E-state index in [9.17, 15) is 4.39 Å². The van der Waals surface area contributed by atoms with Crippen LogP contribution >= 0.6 is 0 Å². The molecule has 0 aliphatic carbocycles. The Bertz CT molecular complexity index is 3640. The summed E-state index contributed by atoms with van der Waals surface area (Å²) in [6.07, 6.45) is 0. The van der Waals surface area contributed by atoms with E-state index in [2.05, 4.69) is 191 Å². The van der Waals surface area contributed by atoms with Gasteiger partial charge in [0.1, 0.15) is 17.0 Å². The van der Waals surface area contributed by atoms with Crippen LogP contribution in [0.2, 0.25) is 0 Å². The molecule has 12 rings (SSSR count). The van der Waals surface area contributed by atoms with Gasteiger partial charge in [-0.25, -0.2) is 4.39 Å². The minimum Gasteiger partial charge on any atom is -0.455 e. The Morgan fingerprint density at radius 2 is 1.00 bits per heavy atom. The molecule has 4 heteroatoms. The number of nitrogens with zero attached hydrogens (tertiary/aromatic N) is 2. The van der Waals surface area contributed by atoms with Gasteiger partial charge < -0.3 is 13.9 Å². The van der Waals surface area contributed by atoms with Crippen molar-refractivity contribution in [1.82, 2.24) is 4.57 Å². The minimum absolute atomic E-state index is 0.236. The summed E-state index contributed by atoms with van der Waals surface area (Å²) in [4.78, 5) is 2.33. The number of furan rings is 1. The summed E-state index contributed by atoms with van der Waals surface area (Å²) in [5.41, 5.74) is 14.7. The van der Waals surface area contributed by atoms with Gasteiger partial charge in [-0.3, -0.25) is 0 Å². The SMILES string of the molecule is Fc1ccc2c(c1)c1ccccc1n2-c1cccc(-c2ccc(N(c3ccc(-c4cccc5c4oc4ccccc45)cc3)c3ccc4c(-c5ccccc5)cccc4c3)cc2)c1. The second kappa shape index (κ2) is 14.5. The summed E-state index contributed by atoms with van der Waals surface area (Å²) < 4.78 is 23.1. The third kappa shape index (κ3) is 5.95. The largest absolute Gasteiger partial charge is 0.455 e. The number of hydrogen-bond donors (Lipinski definition) is 0. The molecular formula is C58H37FN2O. The standard InChI is InChI=1S/C58H37FN2O/c59-43-27-34-56-54(37-43)51-16-4-6-21-55(51)61(56)46-15-8-13-41(35-46)38-23-28-44(29-24-38)60(47-32-33-49-42(36-47)14-9-18-48(49)39-11-2-1-3-12-39)45-30-25-40(26-31-45)50-19-10-20-53-52-17-5-7-22-57(52)62-58(50)53/h1-37H. The summed E-state index contributed by atoms with van der Waals surface area (Å²) in [6.45, 7) is 0. The van der Waals surface area contributed by atoms with Crippen molar-refractivity contribution in [1.29, 1.82) is 0 Å². The fourth-order valence-electron chi connectivity index (χ4n) is 9.34. The first-order chi connectivity index (χ1) is 30.6. The molecule has 0 aliphatic heterocycles. The molecule has 12 aromatic rings. The topological polar surface area (TPSA) is 21.3 Å². The molecule has 62 heavy (non-hydrogen) atoms. The molecule has 2 heterocycles. The van der Waals surface area contributed by atoms with Crippen molar-refractivity contribution in [2.45, 2.75) is 0 Å². The summed E-state index contributed by atoms with van der Waals surface area (Å²) in [7, 11) is 0. The van der Waals surface area contributed by atoms with Crippen LogP contribution in [0.4, 0.5) is 21.5 Å². The van der Waals surface area contributed by atoms with Gasteiger partial charge in [0.2, 0.25) is 0 Å². The van der Waals surface area contributed by atoms with E-state index >= 15 is 0 Å². The van der Waals surface area contributed by atoms with Crippen LogP contribution in [0.3, 0.4) is 0 Å². The Morgan fingerprint density at radius 3 is 1.84 bits per heavy atom. The van der Waals surface area contributed by atoms with Crippen LogP contribution in [0.15, 0.2) is 229 Å². The van der Waals surface area contributed by atoms with Crippen molar-refractivity contribution >= 4 is 71.6 Å². The van der Waals surface area contributed by atoms with Crippen molar-refractivity contribution < 1.29 is 8.81 Å². The second-order valence-corrected chi connectivity index (χ2v) is 15.9. The van der Waals surface area contributed by atoms with Gasteiger partial charge in [0.05, 0.1) is 11.0 Å². The van der Waals surface area contributed by atoms with Crippen LogP contribution in [-0.2, 0) is 0 Å². The zero-order valence-electron chi connectivity index (χ0n) is 33.5. The molecule has 0 bridgehead atoms. The molecule has 0 atom stereocenters. The fraction of sp³-hybridized carbons (Fsp3) is 0. The monoisotopic (exact) mass is 796 g/mol. The first kappa shape index (κ1) is 35.7. The van der Waals surface area contributed by atoms with E-state index in [4.69, 9.17) is 4.42 Å². The number of anilines is 3. The lowest BCUT2D eigenvalue weighted by atomic mass is 9.97. The number of hydrogen-bond acceptors (Lipinski definition) is 2. The molecule has 0 unspecified atom stereocenters. The van der Waals surface area contributed by atoms with Gasteiger partial charge in [-0.15, -0.1) is 0 Å². The van der Waals surface area contributed by atoms with E-state index in [1.165, 1.54) is 21.9 Å². The zero-order chi connectivity index (χ0) is 41.1. The lowest BCUT2D eigenvalue weighted by molar-refractivity contribution is 0.629. The molecule has 0 fully saturated rings. The van der Waals surface area contributed by atoms with E-state index in [0.29, 0.717) is 0 Å². The molecule has 0 amide bonds. The highest BCUT2D eigenvalue weighted by atomic mass is 19.1. The van der Waals surface area contributed by atoms with Crippen molar-refractivity contribution in [2.24, 2.45) is 0 Å². The quantitative estimate of drug-likeness (QED) is 0.160. The molecule has 0 saturated heterocycles. The van der Waals surface area contributed by atoms with E-state index in [0.717, 1.165) is 88.7 Å². The van der Waals surface area contributed by atoms with Crippen LogP contribution in [0.5, 0.6) is 0 Å². The maximum Gasteiger partial charge on any atom is 0.143 e. The molecule has 2 aromatic heterocycles. The summed E-state index contributed by atoms with van der Waals surface area (Å²) in [6, 6.07) is 78.0. The average Bonchev–Trinajstić information content (AvgIpc) is 3.88. The number of fused-ring (bicyclic) bond motifs is 7. The smallest absolute Gasteiger partial charge is 0.143 e. The van der Waals surface area contributed by atoms with E-state index in [1.54, 1.807) is 12.1 Å². The van der Waals surface area contributed by atoms with Crippen molar-refractivity contribution in [3.63, 3.8) is 0 Å². The lowest BCUT2D eigenvalue weighted by Crippen LogP contribution is -2.10. The van der Waals surface area contributed by atoms with Crippen molar-refractivity contribution in [3.05, 3.63) is 230 Å². The Balaban J connectivity index is 0.952. The number of halogens is 1. The normalized spacial score (nSPS) is 11.6. The number of rotatable bonds is 7. The Labute approximate surface area is 357 Å². The average molecular weight is 797 g/mol. The fourth-order valence-corrected chi connectivity index (χ4v) is 9.34. The van der Waals surface area contributed by atoms with Crippen LogP contribution < -0.4 is 4.90 Å². The first-order valence-electron chi connectivity index (χ1n) is 20.9. The molecule has 0 spiro atoms. The highest BCUT2D eigenvalue weighted by molar-refractivity contribution is 6.10. The molecule has 292 valence electrons. The maximum atomic E-state index is 14.5. The third-order valence-electron chi connectivity index (χ3n) is 12.2. The molecule has 0 saturated carbocycles. The highest BCUT2D eigenvalue weighted by Gasteiger charge is 2.18. The second-order valence-electron chi connectivity index (χ2n) is 15.9. The third-order valence-corrected chi connectivity index (χ3v) is 12.2. The Kier molecular flexibility index (Phi) is 8.36. The molecule has 0 radical (unpaired) electrons. The number of aromatic nitrogens is 1. The summed E-state index contributed by atoms with van der Waals surface area (Å²) >= 11 is 0. The molecule has 0 N–H and O–H groups in total. The van der Waals surface area contributed by atoms with Gasteiger partial charge in [-0.2, -0.15) is 0 Å². The Hall–Kier alpha value is -8.21. The van der Waals surface area contributed by atoms with E-state index in [-0.39, 0.29) is 5.82 Å². The van der Waals surface area contributed by atoms with Gasteiger partial charge in [0.15, 0.2) is 0 Å². The molecule has 3 nitrogen and oxygen atoms in total. The van der Waals surface area contributed by atoms with Crippen LogP contribution in [0.25, 0.3) is 93.6 Å². The van der Waals surface area contributed by atoms with E-state index in [1.807, 2.05) is 30.3 Å². The van der Waals surface area contributed by atoms with Gasteiger partial charge in [0.25, 0.3) is 0 Å². The van der Waals surface area contributed by atoms with Gasteiger partial charge in [-0.1, -0.05) is 146 Å². The number of benzene rings is 10. The Morgan fingerprint density at radius 1 is 0.371 bits per heavy atom. The highest BCUT2D eigenvalue weighted by Crippen LogP contribution is 2.42. The van der Waals surface area contributed by atoms with Crippen molar-refractivity contribution in [3.8, 4) is 39.1 Å².